The lowest BCUT2D eigenvalue weighted by Gasteiger charge is -2.31. The van der Waals surface area contributed by atoms with E-state index in [4.69, 9.17) is 4.74 Å². The number of aromatic nitrogens is 3. The smallest absolute Gasteiger partial charge is 0.137 e. The highest BCUT2D eigenvalue weighted by molar-refractivity contribution is 5.21. The third-order valence-electron chi connectivity index (χ3n) is 4.67. The predicted octanol–water partition coefficient (Wildman–Crippen LogP) is 2.42. The molecule has 0 radical (unpaired) electrons. The van der Waals surface area contributed by atoms with Gasteiger partial charge in [-0.25, -0.2) is 4.98 Å². The van der Waals surface area contributed by atoms with Crippen LogP contribution < -0.4 is 5.32 Å². The second kappa shape index (κ2) is 7.70. The summed E-state index contributed by atoms with van der Waals surface area (Å²) in [5.41, 5.74) is 2.63. The Kier molecular flexibility index (Phi) is 5.41. The molecular weight excluding hydrogens is 288 g/mol. The molecule has 3 heterocycles. The Hall–Kier alpha value is -1.72. The molecule has 0 aromatic carbocycles. The molecule has 2 aromatic heterocycles. The molecule has 1 saturated heterocycles. The molecule has 2 aromatic rings. The summed E-state index contributed by atoms with van der Waals surface area (Å²) in [4.78, 5) is 8.63. The fourth-order valence-corrected chi connectivity index (χ4v) is 3.28. The number of imidazole rings is 1. The Labute approximate surface area is 138 Å². The molecule has 0 aliphatic carbocycles. The molecule has 23 heavy (non-hydrogen) atoms. The standard InChI is InChI=1S/C18H26N4O/c1-14-12-19-7-5-15(14)6-8-20-13-16-4-3-11-23-17(16)18-21-9-10-22(18)2/h5,7,9-10,12,16-17,20H,3-4,6,8,11,13H2,1-2H3/t16-,17+/m0/s1. The van der Waals surface area contributed by atoms with E-state index in [1.54, 1.807) is 0 Å². The normalized spacial score (nSPS) is 21.5. The minimum Gasteiger partial charge on any atom is -0.370 e. The molecule has 0 amide bonds. The lowest BCUT2D eigenvalue weighted by molar-refractivity contribution is -0.0342. The molecule has 5 heteroatoms. The molecule has 0 spiro atoms. The molecule has 3 rings (SSSR count). The number of pyridine rings is 1. The number of aryl methyl sites for hydroxylation is 2. The summed E-state index contributed by atoms with van der Waals surface area (Å²) in [6.07, 6.45) is 11.1. The van der Waals surface area contributed by atoms with Crippen LogP contribution in [-0.2, 0) is 18.2 Å². The number of nitrogens with zero attached hydrogens (tertiary/aromatic N) is 3. The van der Waals surface area contributed by atoms with Gasteiger partial charge in [0.05, 0.1) is 0 Å². The number of rotatable bonds is 6. The van der Waals surface area contributed by atoms with Gasteiger partial charge in [0.25, 0.3) is 0 Å². The van der Waals surface area contributed by atoms with E-state index in [-0.39, 0.29) is 6.10 Å². The molecule has 0 saturated carbocycles. The van der Waals surface area contributed by atoms with E-state index >= 15 is 0 Å². The van der Waals surface area contributed by atoms with Gasteiger partial charge < -0.3 is 14.6 Å². The van der Waals surface area contributed by atoms with Crippen molar-refractivity contribution in [3.63, 3.8) is 0 Å². The summed E-state index contributed by atoms with van der Waals surface area (Å²) < 4.78 is 8.09. The Balaban J connectivity index is 1.52. The SMILES string of the molecule is Cc1cnccc1CCNC[C@@H]1CCCO[C@H]1c1nccn1C. The molecule has 1 aliphatic rings. The second-order valence-electron chi connectivity index (χ2n) is 6.35. The average Bonchev–Trinajstić information content (AvgIpc) is 2.99. The third kappa shape index (κ3) is 3.98. The van der Waals surface area contributed by atoms with Gasteiger partial charge in [-0.15, -0.1) is 0 Å². The first-order valence-corrected chi connectivity index (χ1v) is 8.44. The van der Waals surface area contributed by atoms with Gasteiger partial charge in [0.2, 0.25) is 0 Å². The van der Waals surface area contributed by atoms with E-state index in [1.807, 2.05) is 31.8 Å². The van der Waals surface area contributed by atoms with Gasteiger partial charge in [0.15, 0.2) is 0 Å². The van der Waals surface area contributed by atoms with Crippen molar-refractivity contribution in [2.24, 2.45) is 13.0 Å². The molecule has 1 fully saturated rings. The van der Waals surface area contributed by atoms with Crippen LogP contribution in [0.4, 0.5) is 0 Å². The maximum atomic E-state index is 6.02. The van der Waals surface area contributed by atoms with Gasteiger partial charge in [0, 0.05) is 50.9 Å². The molecule has 5 nitrogen and oxygen atoms in total. The average molecular weight is 314 g/mol. The van der Waals surface area contributed by atoms with Crippen molar-refractivity contribution >= 4 is 0 Å². The van der Waals surface area contributed by atoms with E-state index in [9.17, 15) is 0 Å². The maximum absolute atomic E-state index is 6.02. The van der Waals surface area contributed by atoms with Gasteiger partial charge in [-0.3, -0.25) is 4.98 Å². The number of nitrogens with one attached hydrogen (secondary N) is 1. The van der Waals surface area contributed by atoms with Crippen molar-refractivity contribution in [2.45, 2.75) is 32.3 Å². The van der Waals surface area contributed by atoms with Crippen LogP contribution >= 0.6 is 0 Å². The van der Waals surface area contributed by atoms with Gasteiger partial charge in [0.1, 0.15) is 11.9 Å². The largest absolute Gasteiger partial charge is 0.370 e. The number of hydrogen-bond acceptors (Lipinski definition) is 4. The molecule has 0 bridgehead atoms. The van der Waals surface area contributed by atoms with Crippen molar-refractivity contribution in [1.82, 2.24) is 19.9 Å². The van der Waals surface area contributed by atoms with Crippen LogP contribution in [0.5, 0.6) is 0 Å². The van der Waals surface area contributed by atoms with Crippen molar-refractivity contribution in [1.29, 1.82) is 0 Å². The Morgan fingerprint density at radius 3 is 3.09 bits per heavy atom. The highest BCUT2D eigenvalue weighted by Crippen LogP contribution is 2.32. The Morgan fingerprint density at radius 2 is 2.30 bits per heavy atom. The summed E-state index contributed by atoms with van der Waals surface area (Å²) in [5, 5.41) is 3.60. The Morgan fingerprint density at radius 1 is 1.39 bits per heavy atom. The van der Waals surface area contributed by atoms with Crippen LogP contribution in [0, 0.1) is 12.8 Å². The monoisotopic (exact) mass is 314 g/mol. The first-order valence-electron chi connectivity index (χ1n) is 8.44. The van der Waals surface area contributed by atoms with E-state index < -0.39 is 0 Å². The zero-order valence-corrected chi connectivity index (χ0v) is 14.0. The molecule has 1 aliphatic heterocycles. The van der Waals surface area contributed by atoms with Crippen molar-refractivity contribution in [3.05, 3.63) is 47.8 Å². The Bertz CT molecular complexity index is 625. The fourth-order valence-electron chi connectivity index (χ4n) is 3.28. The minimum atomic E-state index is 0.110. The molecule has 124 valence electrons. The van der Waals surface area contributed by atoms with E-state index in [2.05, 4.69) is 32.8 Å². The lowest BCUT2D eigenvalue weighted by atomic mass is 9.93. The summed E-state index contributed by atoms with van der Waals surface area (Å²) >= 11 is 0. The van der Waals surface area contributed by atoms with Crippen molar-refractivity contribution in [3.8, 4) is 0 Å². The summed E-state index contributed by atoms with van der Waals surface area (Å²) in [6.45, 7) is 4.91. The number of hydrogen-bond donors (Lipinski definition) is 1. The van der Waals surface area contributed by atoms with Crippen LogP contribution in [0.15, 0.2) is 30.9 Å². The topological polar surface area (TPSA) is 52.0 Å². The summed E-state index contributed by atoms with van der Waals surface area (Å²) in [5.74, 6) is 1.53. The highest BCUT2D eigenvalue weighted by atomic mass is 16.5. The summed E-state index contributed by atoms with van der Waals surface area (Å²) in [7, 11) is 2.04. The molecular formula is C18H26N4O. The van der Waals surface area contributed by atoms with Gasteiger partial charge in [-0.05, 0) is 49.9 Å². The quantitative estimate of drug-likeness (QED) is 0.832. The van der Waals surface area contributed by atoms with E-state index in [0.717, 1.165) is 38.4 Å². The van der Waals surface area contributed by atoms with Crippen LogP contribution in [0.25, 0.3) is 0 Å². The predicted molar refractivity (Wildman–Crippen MR) is 90.2 cm³/mol. The lowest BCUT2D eigenvalue weighted by Crippen LogP contribution is -2.34. The third-order valence-corrected chi connectivity index (χ3v) is 4.67. The van der Waals surface area contributed by atoms with Crippen LogP contribution in [-0.4, -0.2) is 34.2 Å². The van der Waals surface area contributed by atoms with Crippen molar-refractivity contribution < 1.29 is 4.74 Å². The van der Waals surface area contributed by atoms with Crippen LogP contribution in [0.1, 0.15) is 35.9 Å². The zero-order valence-electron chi connectivity index (χ0n) is 14.0. The van der Waals surface area contributed by atoms with Crippen molar-refractivity contribution in [2.75, 3.05) is 19.7 Å². The first-order chi connectivity index (χ1) is 11.3. The molecule has 0 unspecified atom stereocenters. The summed E-state index contributed by atoms with van der Waals surface area (Å²) in [6, 6.07) is 2.11. The molecule has 2 atom stereocenters. The van der Waals surface area contributed by atoms with Crippen LogP contribution in [0.2, 0.25) is 0 Å². The van der Waals surface area contributed by atoms with Gasteiger partial charge >= 0.3 is 0 Å². The van der Waals surface area contributed by atoms with Gasteiger partial charge in [-0.1, -0.05) is 0 Å². The second-order valence-corrected chi connectivity index (χ2v) is 6.35. The fraction of sp³-hybridized carbons (Fsp3) is 0.556. The zero-order chi connectivity index (χ0) is 16.1. The van der Waals surface area contributed by atoms with Gasteiger partial charge in [-0.2, -0.15) is 0 Å². The minimum absolute atomic E-state index is 0.110. The number of ether oxygens (including phenoxy) is 1. The van der Waals surface area contributed by atoms with E-state index in [1.165, 1.54) is 17.5 Å². The molecule has 1 N–H and O–H groups in total. The maximum Gasteiger partial charge on any atom is 0.137 e. The van der Waals surface area contributed by atoms with Crippen LogP contribution in [0.3, 0.4) is 0 Å². The van der Waals surface area contributed by atoms with E-state index in [0.29, 0.717) is 5.92 Å². The first kappa shape index (κ1) is 16.1. The highest BCUT2D eigenvalue weighted by Gasteiger charge is 2.29.